The molecule has 15 heavy (non-hydrogen) atoms. The first-order chi connectivity index (χ1) is 7.24. The van der Waals surface area contributed by atoms with Crippen molar-refractivity contribution >= 4 is 5.97 Å². The lowest BCUT2D eigenvalue weighted by molar-refractivity contribution is -0.145. The van der Waals surface area contributed by atoms with Crippen LogP contribution in [0.2, 0.25) is 0 Å². The Balaban J connectivity index is 2.22. The van der Waals surface area contributed by atoms with Gasteiger partial charge in [0.1, 0.15) is 5.76 Å². The van der Waals surface area contributed by atoms with Crippen molar-refractivity contribution in [3.05, 3.63) is 23.7 Å². The van der Waals surface area contributed by atoms with Gasteiger partial charge in [-0.25, -0.2) is 0 Å². The van der Waals surface area contributed by atoms with Gasteiger partial charge in [0, 0.05) is 19.0 Å². The number of aryl methyl sites for hydroxylation is 1. The van der Waals surface area contributed by atoms with Crippen LogP contribution >= 0.6 is 0 Å². The zero-order valence-electron chi connectivity index (χ0n) is 8.95. The summed E-state index contributed by atoms with van der Waals surface area (Å²) in [4.78, 5) is 11.5. The molecule has 2 unspecified atom stereocenters. The molecule has 1 N–H and O–H groups in total. The topological polar surface area (TPSA) is 51.5 Å². The second kappa shape index (κ2) is 4.06. The Hall–Kier alpha value is -1.29. The number of carbonyl (C=O) groups excluding carboxylic acids is 1. The summed E-state index contributed by atoms with van der Waals surface area (Å²) in [5.74, 6) is 0.712. The van der Waals surface area contributed by atoms with Crippen LogP contribution < -0.4 is 5.32 Å². The Labute approximate surface area is 88.6 Å². The molecule has 1 aliphatic rings. The SMILES string of the molecule is COC(=O)C1CNCC1c1occc1C. The molecule has 0 spiro atoms. The van der Waals surface area contributed by atoms with Gasteiger partial charge in [0.25, 0.3) is 0 Å². The molecule has 0 bridgehead atoms. The minimum absolute atomic E-state index is 0.104. The van der Waals surface area contributed by atoms with Crippen molar-refractivity contribution in [1.82, 2.24) is 5.32 Å². The Morgan fingerprint density at radius 2 is 2.40 bits per heavy atom. The van der Waals surface area contributed by atoms with Gasteiger partial charge in [-0.3, -0.25) is 4.79 Å². The Kier molecular flexibility index (Phi) is 2.77. The number of rotatable bonds is 2. The van der Waals surface area contributed by atoms with Gasteiger partial charge < -0.3 is 14.5 Å². The normalized spacial score (nSPS) is 25.5. The summed E-state index contributed by atoms with van der Waals surface area (Å²) >= 11 is 0. The maximum atomic E-state index is 11.5. The molecule has 0 radical (unpaired) electrons. The predicted molar refractivity (Wildman–Crippen MR) is 54.6 cm³/mol. The van der Waals surface area contributed by atoms with Gasteiger partial charge in [0.2, 0.25) is 0 Å². The summed E-state index contributed by atoms with van der Waals surface area (Å²) in [5, 5.41) is 3.19. The molecule has 82 valence electrons. The molecule has 0 aliphatic carbocycles. The van der Waals surface area contributed by atoms with Crippen LogP contribution in [0.4, 0.5) is 0 Å². The van der Waals surface area contributed by atoms with E-state index in [-0.39, 0.29) is 17.8 Å². The van der Waals surface area contributed by atoms with E-state index in [1.165, 1.54) is 7.11 Å². The molecule has 4 heteroatoms. The first kappa shape index (κ1) is 10.2. The molecular formula is C11H15NO3. The first-order valence-corrected chi connectivity index (χ1v) is 5.06. The van der Waals surface area contributed by atoms with Gasteiger partial charge in [-0.15, -0.1) is 0 Å². The van der Waals surface area contributed by atoms with Gasteiger partial charge in [-0.2, -0.15) is 0 Å². The Morgan fingerprint density at radius 1 is 1.60 bits per heavy atom. The van der Waals surface area contributed by atoms with E-state index >= 15 is 0 Å². The molecule has 1 aromatic rings. The van der Waals surface area contributed by atoms with Crippen molar-refractivity contribution in [2.24, 2.45) is 5.92 Å². The van der Waals surface area contributed by atoms with Crippen molar-refractivity contribution in [2.75, 3.05) is 20.2 Å². The maximum absolute atomic E-state index is 11.5. The predicted octanol–water partition coefficient (Wildman–Crippen LogP) is 1.06. The van der Waals surface area contributed by atoms with Crippen LogP contribution in [0, 0.1) is 12.8 Å². The second-order valence-electron chi connectivity index (χ2n) is 3.86. The van der Waals surface area contributed by atoms with E-state index in [0.717, 1.165) is 17.9 Å². The van der Waals surface area contributed by atoms with Crippen molar-refractivity contribution in [3.63, 3.8) is 0 Å². The largest absolute Gasteiger partial charge is 0.469 e. The number of methoxy groups -OCH3 is 1. The fraction of sp³-hybridized carbons (Fsp3) is 0.545. The third kappa shape index (κ3) is 1.77. The summed E-state index contributed by atoms with van der Waals surface area (Å²) in [7, 11) is 1.42. The van der Waals surface area contributed by atoms with Crippen LogP contribution in [-0.2, 0) is 9.53 Å². The van der Waals surface area contributed by atoms with E-state index in [2.05, 4.69) is 5.32 Å². The molecular weight excluding hydrogens is 194 g/mol. The van der Waals surface area contributed by atoms with Crippen LogP contribution in [0.1, 0.15) is 17.2 Å². The van der Waals surface area contributed by atoms with Crippen LogP contribution in [0.25, 0.3) is 0 Å². The van der Waals surface area contributed by atoms with Crippen LogP contribution in [-0.4, -0.2) is 26.2 Å². The third-order valence-corrected chi connectivity index (χ3v) is 2.96. The highest BCUT2D eigenvalue weighted by atomic mass is 16.5. The van der Waals surface area contributed by atoms with E-state index in [4.69, 9.17) is 9.15 Å². The maximum Gasteiger partial charge on any atom is 0.310 e. The highest BCUT2D eigenvalue weighted by Gasteiger charge is 2.37. The van der Waals surface area contributed by atoms with Gasteiger partial charge >= 0.3 is 5.97 Å². The Morgan fingerprint density at radius 3 is 3.00 bits per heavy atom. The molecule has 0 amide bonds. The molecule has 1 aliphatic heterocycles. The monoisotopic (exact) mass is 209 g/mol. The van der Waals surface area contributed by atoms with Crippen molar-refractivity contribution in [1.29, 1.82) is 0 Å². The molecule has 0 saturated carbocycles. The van der Waals surface area contributed by atoms with Crippen molar-refractivity contribution < 1.29 is 13.9 Å². The van der Waals surface area contributed by atoms with Crippen molar-refractivity contribution in [2.45, 2.75) is 12.8 Å². The van der Waals surface area contributed by atoms with Crippen LogP contribution in [0.5, 0.6) is 0 Å². The lowest BCUT2D eigenvalue weighted by Crippen LogP contribution is -2.23. The van der Waals surface area contributed by atoms with E-state index in [1.54, 1.807) is 6.26 Å². The summed E-state index contributed by atoms with van der Waals surface area (Å²) in [6, 6.07) is 1.92. The smallest absolute Gasteiger partial charge is 0.310 e. The standard InChI is InChI=1S/C11H15NO3/c1-7-3-4-15-10(7)8-5-12-6-9(8)11(13)14-2/h3-4,8-9,12H,5-6H2,1-2H3. The number of ether oxygens (including phenoxy) is 1. The number of hydrogen-bond acceptors (Lipinski definition) is 4. The molecule has 1 fully saturated rings. The highest BCUT2D eigenvalue weighted by molar-refractivity contribution is 5.74. The number of esters is 1. The van der Waals surface area contributed by atoms with Crippen molar-refractivity contribution in [3.8, 4) is 0 Å². The van der Waals surface area contributed by atoms with E-state index in [0.29, 0.717) is 6.54 Å². The summed E-state index contributed by atoms with van der Waals surface area (Å²) < 4.78 is 10.2. The van der Waals surface area contributed by atoms with E-state index in [9.17, 15) is 4.79 Å². The fourth-order valence-corrected chi connectivity index (χ4v) is 2.12. The molecule has 2 atom stereocenters. The average molecular weight is 209 g/mol. The van der Waals surface area contributed by atoms with Crippen LogP contribution in [0.15, 0.2) is 16.7 Å². The number of carbonyl (C=O) groups is 1. The molecule has 1 aromatic heterocycles. The second-order valence-corrected chi connectivity index (χ2v) is 3.86. The minimum Gasteiger partial charge on any atom is -0.469 e. The highest BCUT2D eigenvalue weighted by Crippen LogP contribution is 2.31. The average Bonchev–Trinajstić information content (AvgIpc) is 2.84. The summed E-state index contributed by atoms with van der Waals surface area (Å²) in [6.45, 7) is 3.43. The minimum atomic E-state index is -0.166. The lowest BCUT2D eigenvalue weighted by atomic mass is 9.92. The summed E-state index contributed by atoms with van der Waals surface area (Å²) in [5.41, 5.74) is 1.10. The zero-order chi connectivity index (χ0) is 10.8. The number of furan rings is 1. The van der Waals surface area contributed by atoms with Gasteiger partial charge in [0.15, 0.2) is 0 Å². The van der Waals surface area contributed by atoms with Gasteiger partial charge in [0.05, 0.1) is 19.3 Å². The molecule has 2 rings (SSSR count). The van der Waals surface area contributed by atoms with E-state index in [1.807, 2.05) is 13.0 Å². The first-order valence-electron chi connectivity index (χ1n) is 5.06. The van der Waals surface area contributed by atoms with Gasteiger partial charge in [-0.1, -0.05) is 0 Å². The summed E-state index contributed by atoms with van der Waals surface area (Å²) in [6.07, 6.45) is 1.66. The lowest BCUT2D eigenvalue weighted by Gasteiger charge is -2.14. The third-order valence-electron chi connectivity index (χ3n) is 2.96. The van der Waals surface area contributed by atoms with Gasteiger partial charge in [-0.05, 0) is 18.6 Å². The number of hydrogen-bond donors (Lipinski definition) is 1. The zero-order valence-corrected chi connectivity index (χ0v) is 8.95. The fourth-order valence-electron chi connectivity index (χ4n) is 2.12. The Bertz CT molecular complexity index is 358. The molecule has 2 heterocycles. The molecule has 1 saturated heterocycles. The molecule has 0 aromatic carbocycles. The quantitative estimate of drug-likeness (QED) is 0.740. The number of nitrogens with one attached hydrogen (secondary N) is 1. The van der Waals surface area contributed by atoms with Crippen LogP contribution in [0.3, 0.4) is 0 Å². The van der Waals surface area contributed by atoms with E-state index < -0.39 is 0 Å². The molecule has 4 nitrogen and oxygen atoms in total.